The smallest absolute Gasteiger partial charge is 0.254 e. The van der Waals surface area contributed by atoms with E-state index in [1.54, 1.807) is 17.0 Å². The number of rotatable bonds is 14. The fourth-order valence-corrected chi connectivity index (χ4v) is 5.27. The first-order valence-corrected chi connectivity index (χ1v) is 14.9. The molecular formula is C35H44N4O5. The first kappa shape index (κ1) is 32.3. The predicted octanol–water partition coefficient (Wildman–Crippen LogP) is 5.77. The summed E-state index contributed by atoms with van der Waals surface area (Å²) in [5, 5.41) is 1.15. The Kier molecular flexibility index (Phi) is 10.8. The zero-order valence-electron chi connectivity index (χ0n) is 26.8. The molecule has 9 heteroatoms. The molecule has 2 amide bonds. The minimum atomic E-state index is -0.279. The third-order valence-electron chi connectivity index (χ3n) is 8.11. The van der Waals surface area contributed by atoms with E-state index in [4.69, 9.17) is 14.2 Å². The van der Waals surface area contributed by atoms with Gasteiger partial charge in [-0.1, -0.05) is 37.3 Å². The first-order valence-electron chi connectivity index (χ1n) is 14.9. The van der Waals surface area contributed by atoms with E-state index in [0.717, 1.165) is 27.7 Å². The molecule has 1 aromatic heterocycles. The molecule has 234 valence electrons. The van der Waals surface area contributed by atoms with Gasteiger partial charge in [-0.15, -0.1) is 0 Å². The molecule has 0 aliphatic carbocycles. The van der Waals surface area contributed by atoms with Gasteiger partial charge in [0.05, 0.1) is 21.3 Å². The number of carbonyl (C=O) groups is 2. The van der Waals surface area contributed by atoms with Gasteiger partial charge in [0.2, 0.25) is 11.7 Å². The van der Waals surface area contributed by atoms with Crippen molar-refractivity contribution in [1.82, 2.24) is 14.8 Å². The van der Waals surface area contributed by atoms with Crippen LogP contribution in [0.25, 0.3) is 10.9 Å². The summed E-state index contributed by atoms with van der Waals surface area (Å²) in [5.74, 6) is 0.766. The van der Waals surface area contributed by atoms with Gasteiger partial charge < -0.3 is 33.9 Å². The lowest BCUT2D eigenvalue weighted by Gasteiger charge is -2.32. The summed E-state index contributed by atoms with van der Waals surface area (Å²) in [4.78, 5) is 37.0. The van der Waals surface area contributed by atoms with Gasteiger partial charge in [-0.25, -0.2) is 0 Å². The van der Waals surface area contributed by atoms with Crippen molar-refractivity contribution >= 4 is 28.4 Å². The topological polar surface area (TPSA) is 87.3 Å². The van der Waals surface area contributed by atoms with Crippen molar-refractivity contribution in [2.75, 3.05) is 53.4 Å². The van der Waals surface area contributed by atoms with E-state index in [2.05, 4.69) is 35.3 Å². The molecule has 3 aromatic carbocycles. The number of hydrogen-bond acceptors (Lipinski definition) is 6. The molecule has 44 heavy (non-hydrogen) atoms. The zero-order valence-corrected chi connectivity index (χ0v) is 26.8. The van der Waals surface area contributed by atoms with E-state index in [-0.39, 0.29) is 24.4 Å². The molecule has 1 atom stereocenters. The summed E-state index contributed by atoms with van der Waals surface area (Å²) in [6.45, 7) is 4.84. The molecule has 0 aliphatic rings. The summed E-state index contributed by atoms with van der Waals surface area (Å²) in [6, 6.07) is 19.5. The number of benzene rings is 3. The Bertz CT molecular complexity index is 1540. The predicted molar refractivity (Wildman–Crippen MR) is 175 cm³/mol. The monoisotopic (exact) mass is 600 g/mol. The van der Waals surface area contributed by atoms with Crippen LogP contribution in [0, 0.1) is 0 Å². The lowest BCUT2D eigenvalue weighted by atomic mass is 10.1. The maximum Gasteiger partial charge on any atom is 0.254 e. The first-order chi connectivity index (χ1) is 21.2. The molecule has 0 fully saturated rings. The number of carbonyl (C=O) groups excluding carboxylic acids is 2. The normalized spacial score (nSPS) is 11.6. The van der Waals surface area contributed by atoms with Gasteiger partial charge in [0.1, 0.15) is 6.54 Å². The molecule has 0 spiro atoms. The Balaban J connectivity index is 1.62. The molecule has 1 heterocycles. The number of methoxy groups -OCH3 is 3. The maximum atomic E-state index is 14.1. The highest BCUT2D eigenvalue weighted by molar-refractivity contribution is 5.98. The van der Waals surface area contributed by atoms with Crippen LogP contribution in [0.3, 0.4) is 0 Å². The summed E-state index contributed by atoms with van der Waals surface area (Å²) >= 11 is 0. The summed E-state index contributed by atoms with van der Waals surface area (Å²) in [5.41, 5.74) is 4.68. The van der Waals surface area contributed by atoms with Crippen LogP contribution in [0.5, 0.6) is 17.2 Å². The molecule has 0 saturated heterocycles. The number of fused-ring (bicyclic) bond motifs is 1. The minimum Gasteiger partial charge on any atom is -0.493 e. The average molecular weight is 601 g/mol. The average Bonchev–Trinajstić information content (AvgIpc) is 3.47. The Labute approximate surface area is 260 Å². The molecule has 4 aromatic rings. The van der Waals surface area contributed by atoms with Gasteiger partial charge in [0.25, 0.3) is 5.91 Å². The highest BCUT2D eigenvalue weighted by atomic mass is 16.5. The zero-order chi connectivity index (χ0) is 31.8. The number of H-pyrrole nitrogens is 1. The van der Waals surface area contributed by atoms with Crippen LogP contribution in [-0.4, -0.2) is 81.2 Å². The number of aromatic nitrogens is 1. The number of ether oxygens (including phenoxy) is 3. The largest absolute Gasteiger partial charge is 0.493 e. The van der Waals surface area contributed by atoms with Gasteiger partial charge >= 0.3 is 0 Å². The van der Waals surface area contributed by atoms with Gasteiger partial charge in [0.15, 0.2) is 11.5 Å². The van der Waals surface area contributed by atoms with E-state index in [9.17, 15) is 9.59 Å². The van der Waals surface area contributed by atoms with E-state index in [1.165, 1.54) is 21.3 Å². The quantitative estimate of drug-likeness (QED) is 0.198. The summed E-state index contributed by atoms with van der Waals surface area (Å²) in [7, 11) is 8.54. The van der Waals surface area contributed by atoms with Crippen LogP contribution in [0.2, 0.25) is 0 Å². The summed E-state index contributed by atoms with van der Waals surface area (Å²) < 4.78 is 16.4. The Morgan fingerprint density at radius 2 is 1.57 bits per heavy atom. The standard InChI is InChI=1S/C35H44N4O5/c1-8-24(2)39(35(41)27-19-31(42-5)34(44-7)32(20-27)43-6)23-33(40)38(22-25-13-15-28(16-14-25)37(3)4)18-17-26-21-36-30-12-10-9-11-29(26)30/h9-16,19-21,24,36H,8,17-18,22-23H2,1-7H3. The SMILES string of the molecule is CCC(C)N(CC(=O)N(CCc1c[nH]c2ccccc12)Cc1ccc(N(C)C)cc1)C(=O)c1cc(OC)c(OC)c(OC)c1. The van der Waals surface area contributed by atoms with Crippen molar-refractivity contribution in [2.24, 2.45) is 0 Å². The lowest BCUT2D eigenvalue weighted by Crippen LogP contribution is -2.46. The highest BCUT2D eigenvalue weighted by Gasteiger charge is 2.28. The number of amides is 2. The van der Waals surface area contributed by atoms with Crippen molar-refractivity contribution < 1.29 is 23.8 Å². The molecule has 0 radical (unpaired) electrons. The number of nitrogens with zero attached hydrogens (tertiary/aromatic N) is 3. The third-order valence-corrected chi connectivity index (χ3v) is 8.11. The minimum absolute atomic E-state index is 0.0613. The number of aromatic amines is 1. The Morgan fingerprint density at radius 1 is 0.909 bits per heavy atom. The van der Waals surface area contributed by atoms with Crippen LogP contribution in [0.1, 0.15) is 41.8 Å². The van der Waals surface area contributed by atoms with E-state index < -0.39 is 0 Å². The number of hydrogen-bond donors (Lipinski definition) is 1. The second-order valence-corrected chi connectivity index (χ2v) is 11.1. The van der Waals surface area contributed by atoms with Gasteiger partial charge in [-0.05, 0) is 61.2 Å². The van der Waals surface area contributed by atoms with E-state index >= 15 is 0 Å². The van der Waals surface area contributed by atoms with Crippen LogP contribution in [0.4, 0.5) is 5.69 Å². The maximum absolute atomic E-state index is 14.1. The van der Waals surface area contributed by atoms with Crippen molar-refractivity contribution in [1.29, 1.82) is 0 Å². The molecule has 0 saturated carbocycles. The van der Waals surface area contributed by atoms with Crippen molar-refractivity contribution in [2.45, 2.75) is 39.3 Å². The molecule has 0 aliphatic heterocycles. The molecule has 4 rings (SSSR count). The fourth-order valence-electron chi connectivity index (χ4n) is 5.27. The Hall–Kier alpha value is -4.66. The van der Waals surface area contributed by atoms with Crippen LogP contribution in [0.15, 0.2) is 66.9 Å². The number of anilines is 1. The van der Waals surface area contributed by atoms with Crippen LogP contribution >= 0.6 is 0 Å². The van der Waals surface area contributed by atoms with E-state index in [0.29, 0.717) is 48.7 Å². The van der Waals surface area contributed by atoms with Crippen molar-refractivity contribution in [3.8, 4) is 17.2 Å². The summed E-state index contributed by atoms with van der Waals surface area (Å²) in [6.07, 6.45) is 3.37. The second kappa shape index (κ2) is 14.7. The second-order valence-electron chi connectivity index (χ2n) is 11.1. The molecular weight excluding hydrogens is 556 g/mol. The number of nitrogens with one attached hydrogen (secondary N) is 1. The van der Waals surface area contributed by atoms with Gasteiger partial charge in [-0.2, -0.15) is 0 Å². The number of para-hydroxylation sites is 1. The van der Waals surface area contributed by atoms with Gasteiger partial charge in [0, 0.05) is 61.6 Å². The van der Waals surface area contributed by atoms with Crippen molar-refractivity contribution in [3.05, 3.63) is 83.6 Å². The van der Waals surface area contributed by atoms with Crippen LogP contribution < -0.4 is 19.1 Å². The Morgan fingerprint density at radius 3 is 2.16 bits per heavy atom. The molecule has 0 bridgehead atoms. The van der Waals surface area contributed by atoms with E-state index in [1.807, 2.05) is 62.1 Å². The fraction of sp³-hybridized carbons (Fsp3) is 0.371. The molecule has 9 nitrogen and oxygen atoms in total. The van der Waals surface area contributed by atoms with Crippen molar-refractivity contribution in [3.63, 3.8) is 0 Å². The third kappa shape index (κ3) is 7.27. The van der Waals surface area contributed by atoms with Gasteiger partial charge in [-0.3, -0.25) is 9.59 Å². The highest BCUT2D eigenvalue weighted by Crippen LogP contribution is 2.38. The van der Waals surface area contributed by atoms with Crippen LogP contribution in [-0.2, 0) is 17.8 Å². The molecule has 1 N–H and O–H groups in total. The lowest BCUT2D eigenvalue weighted by molar-refractivity contribution is -0.133. The molecule has 1 unspecified atom stereocenters.